The summed E-state index contributed by atoms with van der Waals surface area (Å²) in [4.78, 5) is 11.2. The lowest BCUT2D eigenvalue weighted by Gasteiger charge is -2.45. The molecule has 29 heavy (non-hydrogen) atoms. The Hall–Kier alpha value is -2.53. The molecule has 2 spiro atoms. The maximum absolute atomic E-state index is 6.80. The van der Waals surface area contributed by atoms with Crippen molar-refractivity contribution in [3.05, 3.63) is 64.7 Å². The molecule has 150 valence electrons. The summed E-state index contributed by atoms with van der Waals surface area (Å²) >= 11 is 0. The maximum Gasteiger partial charge on any atom is 0.222 e. The number of nitrogens with two attached hydrogens (primary N) is 1. The molecule has 2 atom stereocenters. The van der Waals surface area contributed by atoms with E-state index >= 15 is 0 Å². The summed E-state index contributed by atoms with van der Waals surface area (Å²) in [7, 11) is 1.84. The fraction of sp³-hybridized carbons (Fsp3) is 0.458. The number of benzene rings is 2. The molecule has 5 nitrogen and oxygen atoms in total. The Balaban J connectivity index is 1.47. The molecule has 2 aliphatic carbocycles. The molecule has 2 N–H and O–H groups in total. The summed E-state index contributed by atoms with van der Waals surface area (Å²) in [6, 6.07) is 15.4. The summed E-state index contributed by atoms with van der Waals surface area (Å²) in [5.74, 6) is 1.99. The molecular formula is C24H27N3O2. The molecule has 5 heteroatoms. The first-order valence-electron chi connectivity index (χ1n) is 10.7. The van der Waals surface area contributed by atoms with Crippen LogP contribution in [-0.2, 0) is 23.4 Å². The van der Waals surface area contributed by atoms with Crippen LogP contribution in [0.25, 0.3) is 0 Å². The zero-order valence-corrected chi connectivity index (χ0v) is 16.9. The van der Waals surface area contributed by atoms with E-state index in [9.17, 15) is 0 Å². The predicted octanol–water partition coefficient (Wildman–Crippen LogP) is 4.01. The summed E-state index contributed by atoms with van der Waals surface area (Å²) in [6.07, 6.45) is 7.25. The van der Waals surface area contributed by atoms with E-state index in [1.807, 2.05) is 7.05 Å². The van der Waals surface area contributed by atoms with Crippen LogP contribution in [-0.4, -0.2) is 23.7 Å². The number of fused-ring (bicyclic) bond motifs is 3. The first-order valence-corrected chi connectivity index (χ1v) is 10.7. The molecule has 0 aromatic heterocycles. The van der Waals surface area contributed by atoms with Crippen molar-refractivity contribution in [2.45, 2.75) is 62.2 Å². The van der Waals surface area contributed by atoms with Gasteiger partial charge in [0.1, 0.15) is 11.4 Å². The minimum absolute atomic E-state index is 0.338. The highest BCUT2D eigenvalue weighted by molar-refractivity contribution is 5.79. The van der Waals surface area contributed by atoms with Gasteiger partial charge in [-0.1, -0.05) is 30.3 Å². The Morgan fingerprint density at radius 3 is 2.72 bits per heavy atom. The fourth-order valence-electron chi connectivity index (χ4n) is 5.39. The third-order valence-corrected chi connectivity index (χ3v) is 6.98. The van der Waals surface area contributed by atoms with Crippen LogP contribution in [0.3, 0.4) is 0 Å². The quantitative estimate of drug-likeness (QED) is 0.801. The third-order valence-electron chi connectivity index (χ3n) is 6.98. The normalized spacial score (nSPS) is 30.5. The lowest BCUT2D eigenvalue weighted by Crippen LogP contribution is -2.49. The predicted molar refractivity (Wildman–Crippen MR) is 112 cm³/mol. The van der Waals surface area contributed by atoms with Crippen molar-refractivity contribution in [1.82, 2.24) is 5.06 Å². The Kier molecular flexibility index (Phi) is 3.58. The van der Waals surface area contributed by atoms with Gasteiger partial charge in [-0.15, -0.1) is 0 Å². The topological polar surface area (TPSA) is 60.1 Å². The second-order valence-corrected chi connectivity index (χ2v) is 9.13. The molecule has 0 saturated heterocycles. The van der Waals surface area contributed by atoms with Crippen molar-refractivity contribution in [3.63, 3.8) is 0 Å². The highest BCUT2D eigenvalue weighted by Gasteiger charge is 2.55. The molecule has 2 aliphatic heterocycles. The minimum Gasteiger partial charge on any atom is -0.486 e. The standard InChI is InChI=1S/C24H27N3O2/c1-27-22(25)26-24(29-27)15-23(12-4-7-16-5-2-3-6-19(16)14-23)28-21-11-10-18(13-20(21)24)17-8-9-17/h2-3,5-6,10-11,13,17H,4,7-9,12,14-15H2,1H3,(H2,25,26). The van der Waals surface area contributed by atoms with Gasteiger partial charge in [-0.25, -0.2) is 14.9 Å². The zero-order valence-electron chi connectivity index (χ0n) is 16.9. The smallest absolute Gasteiger partial charge is 0.222 e. The average molecular weight is 389 g/mol. The molecule has 6 rings (SSSR count). The number of hydroxylamine groups is 2. The van der Waals surface area contributed by atoms with Gasteiger partial charge in [0.15, 0.2) is 0 Å². The fourth-order valence-corrected chi connectivity index (χ4v) is 5.39. The first kappa shape index (κ1) is 17.3. The Morgan fingerprint density at radius 2 is 1.97 bits per heavy atom. The Bertz CT molecular complexity index is 1010. The number of nitrogens with zero attached hydrogens (tertiary/aromatic N) is 2. The first-order chi connectivity index (χ1) is 14.1. The van der Waals surface area contributed by atoms with Crippen LogP contribution in [0.5, 0.6) is 5.75 Å². The van der Waals surface area contributed by atoms with Gasteiger partial charge in [-0.05, 0) is 66.8 Å². The van der Waals surface area contributed by atoms with E-state index in [0.29, 0.717) is 18.3 Å². The SMILES string of the molecule is CN1OC2(CC3(CCCc4ccccc4C3)Oc3ccc(C4CC4)cc32)N=C1N. The van der Waals surface area contributed by atoms with Gasteiger partial charge in [0, 0.05) is 19.9 Å². The van der Waals surface area contributed by atoms with E-state index < -0.39 is 5.72 Å². The molecule has 2 aromatic rings. The largest absolute Gasteiger partial charge is 0.486 e. The third kappa shape index (κ3) is 2.75. The number of aliphatic imine (C=N–C) groups is 1. The zero-order chi connectivity index (χ0) is 19.6. The van der Waals surface area contributed by atoms with Crippen molar-refractivity contribution in [3.8, 4) is 5.75 Å². The van der Waals surface area contributed by atoms with E-state index in [2.05, 4.69) is 42.5 Å². The van der Waals surface area contributed by atoms with Gasteiger partial charge in [0.25, 0.3) is 0 Å². The number of rotatable bonds is 1. The van der Waals surface area contributed by atoms with Crippen LogP contribution in [0.1, 0.15) is 60.3 Å². The minimum atomic E-state index is -0.795. The molecule has 0 bridgehead atoms. The second kappa shape index (κ2) is 5.99. The van der Waals surface area contributed by atoms with Crippen LogP contribution in [0, 0.1) is 0 Å². The summed E-state index contributed by atoms with van der Waals surface area (Å²) < 4.78 is 6.80. The molecule has 0 amide bonds. The highest BCUT2D eigenvalue weighted by Crippen LogP contribution is 2.53. The number of ether oxygens (including phenoxy) is 1. The molecule has 0 radical (unpaired) electrons. The van der Waals surface area contributed by atoms with Gasteiger partial charge >= 0.3 is 0 Å². The van der Waals surface area contributed by atoms with Crippen molar-refractivity contribution >= 4 is 5.96 Å². The number of aryl methyl sites for hydroxylation is 1. The van der Waals surface area contributed by atoms with Gasteiger partial charge in [-0.2, -0.15) is 0 Å². The number of guanidine groups is 1. The summed E-state index contributed by atoms with van der Waals surface area (Å²) in [6.45, 7) is 0. The van der Waals surface area contributed by atoms with Crippen molar-refractivity contribution in [2.24, 2.45) is 10.7 Å². The lowest BCUT2D eigenvalue weighted by molar-refractivity contribution is -0.205. The van der Waals surface area contributed by atoms with E-state index in [-0.39, 0.29) is 5.60 Å². The highest BCUT2D eigenvalue weighted by atomic mass is 16.7. The molecule has 1 saturated carbocycles. The van der Waals surface area contributed by atoms with Gasteiger partial charge in [-0.3, -0.25) is 0 Å². The van der Waals surface area contributed by atoms with E-state index in [4.69, 9.17) is 20.3 Å². The second-order valence-electron chi connectivity index (χ2n) is 9.13. The summed E-state index contributed by atoms with van der Waals surface area (Å²) in [5, 5.41) is 1.61. The molecular weight excluding hydrogens is 362 g/mol. The van der Waals surface area contributed by atoms with E-state index in [0.717, 1.165) is 37.0 Å². The van der Waals surface area contributed by atoms with Crippen molar-refractivity contribution < 1.29 is 9.57 Å². The monoisotopic (exact) mass is 389 g/mol. The molecule has 4 aliphatic rings. The van der Waals surface area contributed by atoms with E-state index in [1.54, 1.807) is 5.06 Å². The number of hydrogen-bond donors (Lipinski definition) is 1. The average Bonchev–Trinajstić information content (AvgIpc) is 3.51. The van der Waals surface area contributed by atoms with Crippen LogP contribution in [0.2, 0.25) is 0 Å². The Morgan fingerprint density at radius 1 is 1.14 bits per heavy atom. The van der Waals surface area contributed by atoms with Crippen molar-refractivity contribution in [1.29, 1.82) is 0 Å². The molecule has 2 heterocycles. The maximum atomic E-state index is 6.80. The van der Waals surface area contributed by atoms with Gasteiger partial charge in [0.2, 0.25) is 11.7 Å². The van der Waals surface area contributed by atoms with E-state index in [1.165, 1.54) is 29.5 Å². The van der Waals surface area contributed by atoms with Crippen LogP contribution in [0.15, 0.2) is 47.5 Å². The summed E-state index contributed by atoms with van der Waals surface area (Å²) in [5.41, 5.74) is 10.3. The van der Waals surface area contributed by atoms with Gasteiger partial charge < -0.3 is 10.5 Å². The molecule has 1 fully saturated rings. The van der Waals surface area contributed by atoms with Gasteiger partial charge in [0.05, 0.1) is 5.56 Å². The van der Waals surface area contributed by atoms with Crippen LogP contribution in [0.4, 0.5) is 0 Å². The lowest BCUT2D eigenvalue weighted by atomic mass is 9.78. The Labute approximate surface area is 171 Å². The van der Waals surface area contributed by atoms with Crippen molar-refractivity contribution in [2.75, 3.05) is 7.05 Å². The molecule has 2 aromatic carbocycles. The van der Waals surface area contributed by atoms with Crippen LogP contribution < -0.4 is 10.5 Å². The van der Waals surface area contributed by atoms with Crippen LogP contribution >= 0.6 is 0 Å². The number of hydrogen-bond acceptors (Lipinski definition) is 5. The molecule has 2 unspecified atom stereocenters.